The van der Waals surface area contributed by atoms with Crippen LogP contribution in [-0.4, -0.2) is 16.0 Å². The van der Waals surface area contributed by atoms with Crippen LogP contribution in [0.25, 0.3) is 0 Å². The summed E-state index contributed by atoms with van der Waals surface area (Å²) in [6.07, 6.45) is 6.23. The molecule has 3 heteroatoms. The summed E-state index contributed by atoms with van der Waals surface area (Å²) in [6.45, 7) is 0. The number of rotatable bonds is 3. The average Bonchev–Trinajstić information content (AvgIpc) is 2.59. The lowest BCUT2D eigenvalue weighted by Gasteiger charge is -2.22. The van der Waals surface area contributed by atoms with Crippen LogP contribution in [0.3, 0.4) is 0 Å². The summed E-state index contributed by atoms with van der Waals surface area (Å²) in [5, 5.41) is 23.1. The van der Waals surface area contributed by atoms with Crippen LogP contribution in [0.1, 0.15) is 54.7 Å². The molecule has 0 heterocycles. The monoisotopic (exact) mass is 295 g/mol. The number of phenols is 1. The molecule has 2 aromatic rings. The van der Waals surface area contributed by atoms with Crippen molar-refractivity contribution in [1.29, 1.82) is 0 Å². The molecule has 0 spiro atoms. The van der Waals surface area contributed by atoms with Gasteiger partial charge in [0.25, 0.3) is 0 Å². The Morgan fingerprint density at radius 1 is 0.955 bits per heavy atom. The zero-order valence-electron chi connectivity index (χ0n) is 12.6. The molecule has 3 nitrogen and oxygen atoms in total. The van der Waals surface area contributed by atoms with Gasteiger partial charge in [0.2, 0.25) is 0 Å². The first kappa shape index (κ1) is 14.6. The first-order valence-corrected chi connectivity index (χ1v) is 7.90. The van der Waals surface area contributed by atoms with Crippen LogP contribution >= 0.6 is 0 Å². The molecular weight excluding hydrogens is 274 g/mol. The summed E-state index contributed by atoms with van der Waals surface area (Å²) in [6, 6.07) is 15.1. The summed E-state index contributed by atoms with van der Waals surface area (Å²) in [7, 11) is 0. The lowest BCUT2D eigenvalue weighted by Crippen LogP contribution is -2.08. The average molecular weight is 295 g/mol. The molecule has 1 fully saturated rings. The Bertz CT molecular complexity index is 658. The Balaban J connectivity index is 1.98. The summed E-state index contributed by atoms with van der Waals surface area (Å²) in [4.78, 5) is 0. The number of phenolic OH excluding ortho intramolecular Hbond substituents is 1. The molecule has 22 heavy (non-hydrogen) atoms. The van der Waals surface area contributed by atoms with E-state index in [2.05, 4.69) is 5.16 Å². The van der Waals surface area contributed by atoms with Gasteiger partial charge in [-0.25, -0.2) is 0 Å². The van der Waals surface area contributed by atoms with E-state index in [1.165, 1.54) is 37.7 Å². The van der Waals surface area contributed by atoms with Gasteiger partial charge in [-0.1, -0.05) is 60.8 Å². The highest BCUT2D eigenvalue weighted by Crippen LogP contribution is 2.35. The first-order valence-electron chi connectivity index (χ1n) is 7.90. The molecule has 3 rings (SSSR count). The fourth-order valence-corrected chi connectivity index (χ4v) is 3.30. The van der Waals surface area contributed by atoms with E-state index >= 15 is 0 Å². The maximum atomic E-state index is 10.2. The number of aromatic hydroxyl groups is 1. The molecule has 1 aliphatic carbocycles. The number of nitrogens with zero attached hydrogens (tertiary/aromatic N) is 1. The van der Waals surface area contributed by atoms with Crippen LogP contribution in [0.2, 0.25) is 0 Å². The predicted molar refractivity (Wildman–Crippen MR) is 87.8 cm³/mol. The zero-order valence-corrected chi connectivity index (χ0v) is 12.6. The summed E-state index contributed by atoms with van der Waals surface area (Å²) in [5.74, 6) is 0.694. The minimum absolute atomic E-state index is 0.149. The largest absolute Gasteiger partial charge is 0.507 e. The first-order chi connectivity index (χ1) is 10.8. The Morgan fingerprint density at radius 2 is 1.68 bits per heavy atom. The second kappa shape index (κ2) is 6.65. The van der Waals surface area contributed by atoms with Crippen molar-refractivity contribution in [2.45, 2.75) is 38.0 Å². The summed E-state index contributed by atoms with van der Waals surface area (Å²) < 4.78 is 0. The van der Waals surface area contributed by atoms with Gasteiger partial charge in [-0.05, 0) is 36.5 Å². The smallest absolute Gasteiger partial charge is 0.125 e. The van der Waals surface area contributed by atoms with Crippen LogP contribution in [-0.2, 0) is 0 Å². The zero-order chi connectivity index (χ0) is 15.4. The maximum Gasteiger partial charge on any atom is 0.125 e. The fraction of sp³-hybridized carbons (Fsp3) is 0.316. The third-order valence-corrected chi connectivity index (χ3v) is 4.50. The second-order valence-electron chi connectivity index (χ2n) is 5.93. The topological polar surface area (TPSA) is 52.8 Å². The number of hydrogen-bond acceptors (Lipinski definition) is 3. The van der Waals surface area contributed by atoms with Gasteiger partial charge in [-0.15, -0.1) is 0 Å². The summed E-state index contributed by atoms with van der Waals surface area (Å²) in [5.41, 5.74) is 3.03. The molecule has 2 aromatic carbocycles. The maximum absolute atomic E-state index is 10.2. The molecule has 2 N–H and O–H groups in total. The van der Waals surface area contributed by atoms with E-state index in [4.69, 9.17) is 0 Å². The highest BCUT2D eigenvalue weighted by Gasteiger charge is 2.19. The Hall–Kier alpha value is -2.29. The molecule has 0 amide bonds. The van der Waals surface area contributed by atoms with Crippen molar-refractivity contribution in [3.63, 3.8) is 0 Å². The van der Waals surface area contributed by atoms with Gasteiger partial charge in [0.1, 0.15) is 11.5 Å². The van der Waals surface area contributed by atoms with Crippen molar-refractivity contribution in [2.24, 2.45) is 5.16 Å². The molecular formula is C19H21NO2. The molecule has 114 valence electrons. The normalized spacial score (nSPS) is 16.6. The van der Waals surface area contributed by atoms with Gasteiger partial charge in [-0.3, -0.25) is 0 Å². The lowest BCUT2D eigenvalue weighted by molar-refractivity contribution is 0.319. The third kappa shape index (κ3) is 2.98. The highest BCUT2D eigenvalue weighted by molar-refractivity contribution is 6.14. The molecule has 0 radical (unpaired) electrons. The van der Waals surface area contributed by atoms with E-state index in [1.54, 1.807) is 6.07 Å². The molecule has 1 saturated carbocycles. The molecule has 0 atom stereocenters. The van der Waals surface area contributed by atoms with E-state index < -0.39 is 0 Å². The van der Waals surface area contributed by atoms with Crippen molar-refractivity contribution in [3.8, 4) is 5.75 Å². The van der Waals surface area contributed by atoms with Gasteiger partial charge in [0.15, 0.2) is 0 Å². The third-order valence-electron chi connectivity index (χ3n) is 4.50. The minimum atomic E-state index is 0.149. The Morgan fingerprint density at radius 3 is 2.36 bits per heavy atom. The lowest BCUT2D eigenvalue weighted by atomic mass is 9.83. The van der Waals surface area contributed by atoms with Crippen LogP contribution in [0.5, 0.6) is 5.75 Å². The van der Waals surface area contributed by atoms with Gasteiger partial charge in [0.05, 0.1) is 0 Å². The molecule has 0 saturated heterocycles. The van der Waals surface area contributed by atoms with Crippen molar-refractivity contribution in [3.05, 3.63) is 65.2 Å². The molecule has 1 aliphatic rings. The van der Waals surface area contributed by atoms with Gasteiger partial charge < -0.3 is 10.3 Å². The van der Waals surface area contributed by atoms with E-state index in [-0.39, 0.29) is 5.75 Å². The number of hydrogen-bond donors (Lipinski definition) is 2. The Kier molecular flexibility index (Phi) is 4.42. The molecule has 0 bridgehead atoms. The number of benzene rings is 2. The van der Waals surface area contributed by atoms with Gasteiger partial charge >= 0.3 is 0 Å². The molecule has 0 aliphatic heterocycles. The van der Waals surface area contributed by atoms with E-state index in [0.29, 0.717) is 17.2 Å². The highest BCUT2D eigenvalue weighted by atomic mass is 16.4. The number of oxime groups is 1. The van der Waals surface area contributed by atoms with Gasteiger partial charge in [-0.2, -0.15) is 0 Å². The van der Waals surface area contributed by atoms with Crippen molar-refractivity contribution >= 4 is 5.71 Å². The minimum Gasteiger partial charge on any atom is -0.507 e. The van der Waals surface area contributed by atoms with Crippen molar-refractivity contribution in [2.75, 3.05) is 0 Å². The van der Waals surface area contributed by atoms with E-state index in [9.17, 15) is 10.3 Å². The molecule has 0 unspecified atom stereocenters. The van der Waals surface area contributed by atoms with Crippen LogP contribution in [0.15, 0.2) is 53.7 Å². The Labute approximate surface area is 130 Å². The second-order valence-corrected chi connectivity index (χ2v) is 5.93. The molecule has 0 aromatic heterocycles. The van der Waals surface area contributed by atoms with Crippen LogP contribution in [0, 0.1) is 0 Å². The van der Waals surface area contributed by atoms with Gasteiger partial charge in [0, 0.05) is 11.1 Å². The van der Waals surface area contributed by atoms with E-state index in [1.807, 2.05) is 42.5 Å². The van der Waals surface area contributed by atoms with Crippen molar-refractivity contribution in [1.82, 2.24) is 0 Å². The van der Waals surface area contributed by atoms with Crippen LogP contribution < -0.4 is 0 Å². The summed E-state index contributed by atoms with van der Waals surface area (Å²) >= 11 is 0. The quantitative estimate of drug-likeness (QED) is 0.491. The SMILES string of the molecule is O/N=C(\c1ccccc1)c1cc(C2CCCCC2)ccc1O. The standard InChI is InChI=1S/C19H21NO2/c21-18-12-11-16(14-7-3-1-4-8-14)13-17(18)19(20-22)15-9-5-2-6-10-15/h2,5-6,9-14,21-22H,1,3-4,7-8H2/b20-19+. The van der Waals surface area contributed by atoms with Crippen LogP contribution in [0.4, 0.5) is 0 Å². The fourth-order valence-electron chi connectivity index (χ4n) is 3.30. The predicted octanol–water partition coefficient (Wildman–Crippen LogP) is 4.67. The van der Waals surface area contributed by atoms with Crippen molar-refractivity contribution < 1.29 is 10.3 Å². The van der Waals surface area contributed by atoms with E-state index in [0.717, 1.165) is 5.56 Å².